The first-order chi connectivity index (χ1) is 8.93. The fourth-order valence-electron chi connectivity index (χ4n) is 2.80. The maximum Gasteiger partial charge on any atom is 0.0326 e. The lowest BCUT2D eigenvalue weighted by atomic mass is 9.87. The highest BCUT2D eigenvalue weighted by Gasteiger charge is 2.18. The van der Waals surface area contributed by atoms with E-state index in [4.69, 9.17) is 0 Å². The van der Waals surface area contributed by atoms with Gasteiger partial charge in [0.1, 0.15) is 0 Å². The van der Waals surface area contributed by atoms with Gasteiger partial charge in [-0.15, -0.1) is 0 Å². The molecule has 0 aromatic heterocycles. The summed E-state index contributed by atoms with van der Waals surface area (Å²) in [4.78, 5) is 0. The first-order valence-electron chi connectivity index (χ1n) is 6.78. The van der Waals surface area contributed by atoms with Crippen LogP contribution in [0.5, 0.6) is 0 Å². The molecule has 2 aromatic carbocycles. The molecule has 1 nitrogen and oxygen atoms in total. The fourth-order valence-corrected chi connectivity index (χ4v) is 2.80. The van der Waals surface area contributed by atoms with Gasteiger partial charge in [-0.05, 0) is 36.0 Å². The average Bonchev–Trinajstić information content (AvgIpc) is 2.46. The van der Waals surface area contributed by atoms with Gasteiger partial charge in [0.25, 0.3) is 0 Å². The number of benzene rings is 2. The molecule has 92 valence electrons. The number of aryl methyl sites for hydroxylation is 1. The van der Waals surface area contributed by atoms with E-state index in [0.717, 1.165) is 6.54 Å². The van der Waals surface area contributed by atoms with Crippen LogP contribution in [0.25, 0.3) is 0 Å². The van der Waals surface area contributed by atoms with Crippen LogP contribution in [0.15, 0.2) is 54.6 Å². The summed E-state index contributed by atoms with van der Waals surface area (Å²) in [6.45, 7) is 0.958. The van der Waals surface area contributed by atoms with Crippen molar-refractivity contribution in [2.75, 3.05) is 0 Å². The Bertz CT molecular complexity index is 504. The molecule has 0 saturated heterocycles. The number of fused-ring (bicyclic) bond motifs is 1. The highest BCUT2D eigenvalue weighted by Crippen LogP contribution is 2.29. The van der Waals surface area contributed by atoms with Gasteiger partial charge in [-0.3, -0.25) is 0 Å². The van der Waals surface area contributed by atoms with Crippen LogP contribution in [0.4, 0.5) is 0 Å². The summed E-state index contributed by atoms with van der Waals surface area (Å²) >= 11 is 0. The lowest BCUT2D eigenvalue weighted by Crippen LogP contribution is -2.24. The van der Waals surface area contributed by atoms with Crippen molar-refractivity contribution in [1.29, 1.82) is 0 Å². The fraction of sp³-hybridized carbons (Fsp3) is 0.294. The molecular weight excluding hydrogens is 218 g/mol. The average molecular weight is 237 g/mol. The van der Waals surface area contributed by atoms with Crippen LogP contribution in [-0.4, -0.2) is 0 Å². The number of hydrogen-bond donors (Lipinski definition) is 1. The van der Waals surface area contributed by atoms with Gasteiger partial charge in [0.2, 0.25) is 0 Å². The molecule has 0 spiro atoms. The molecule has 0 radical (unpaired) electrons. The molecule has 2 aromatic rings. The van der Waals surface area contributed by atoms with E-state index < -0.39 is 0 Å². The van der Waals surface area contributed by atoms with E-state index in [9.17, 15) is 0 Å². The van der Waals surface area contributed by atoms with Crippen LogP contribution in [0.1, 0.15) is 35.6 Å². The van der Waals surface area contributed by atoms with Crippen molar-refractivity contribution >= 4 is 0 Å². The van der Waals surface area contributed by atoms with Gasteiger partial charge in [0.15, 0.2) is 0 Å². The van der Waals surface area contributed by atoms with Crippen LogP contribution in [0.3, 0.4) is 0 Å². The Morgan fingerprint density at radius 2 is 1.72 bits per heavy atom. The largest absolute Gasteiger partial charge is 0.306 e. The zero-order valence-electron chi connectivity index (χ0n) is 10.6. The Balaban J connectivity index is 1.71. The minimum atomic E-state index is 0.523. The smallest absolute Gasteiger partial charge is 0.0326 e. The van der Waals surface area contributed by atoms with E-state index in [1.165, 1.54) is 36.0 Å². The third-order valence-electron chi connectivity index (χ3n) is 3.76. The molecular formula is C17H19N. The van der Waals surface area contributed by atoms with Crippen molar-refractivity contribution in [1.82, 2.24) is 5.32 Å². The highest BCUT2D eigenvalue weighted by atomic mass is 14.9. The molecule has 1 heteroatoms. The van der Waals surface area contributed by atoms with Crippen molar-refractivity contribution in [3.8, 4) is 0 Å². The minimum Gasteiger partial charge on any atom is -0.306 e. The summed E-state index contributed by atoms with van der Waals surface area (Å²) in [6, 6.07) is 20.0. The Hall–Kier alpha value is -1.60. The summed E-state index contributed by atoms with van der Waals surface area (Å²) in [5, 5.41) is 3.69. The predicted octanol–water partition coefficient (Wildman–Crippen LogP) is 3.85. The van der Waals surface area contributed by atoms with Crippen molar-refractivity contribution in [3.05, 3.63) is 71.3 Å². The lowest BCUT2D eigenvalue weighted by Gasteiger charge is -2.26. The molecule has 0 amide bonds. The number of rotatable bonds is 3. The van der Waals surface area contributed by atoms with E-state index >= 15 is 0 Å². The van der Waals surface area contributed by atoms with Crippen LogP contribution >= 0.6 is 0 Å². The van der Waals surface area contributed by atoms with Crippen molar-refractivity contribution in [3.63, 3.8) is 0 Å². The summed E-state index contributed by atoms with van der Waals surface area (Å²) < 4.78 is 0. The normalized spacial score (nSPS) is 18.3. The van der Waals surface area contributed by atoms with Gasteiger partial charge in [-0.2, -0.15) is 0 Å². The second-order valence-electron chi connectivity index (χ2n) is 5.01. The van der Waals surface area contributed by atoms with E-state index in [1.54, 1.807) is 0 Å². The summed E-state index contributed by atoms with van der Waals surface area (Å²) in [5.41, 5.74) is 4.38. The third kappa shape index (κ3) is 2.46. The molecule has 0 bridgehead atoms. The van der Waals surface area contributed by atoms with Crippen LogP contribution in [-0.2, 0) is 13.0 Å². The molecule has 1 N–H and O–H groups in total. The molecule has 3 rings (SSSR count). The molecule has 0 unspecified atom stereocenters. The van der Waals surface area contributed by atoms with Gasteiger partial charge in [-0.1, -0.05) is 54.6 Å². The Morgan fingerprint density at radius 1 is 0.944 bits per heavy atom. The zero-order valence-corrected chi connectivity index (χ0v) is 10.6. The number of hydrogen-bond acceptors (Lipinski definition) is 1. The van der Waals surface area contributed by atoms with Gasteiger partial charge in [-0.25, -0.2) is 0 Å². The zero-order chi connectivity index (χ0) is 12.2. The quantitative estimate of drug-likeness (QED) is 0.855. The second kappa shape index (κ2) is 5.36. The van der Waals surface area contributed by atoms with Crippen LogP contribution in [0, 0.1) is 0 Å². The Kier molecular flexibility index (Phi) is 3.42. The molecule has 0 aliphatic heterocycles. The molecule has 0 heterocycles. The van der Waals surface area contributed by atoms with Crippen molar-refractivity contribution < 1.29 is 0 Å². The van der Waals surface area contributed by atoms with Crippen molar-refractivity contribution in [2.45, 2.75) is 31.8 Å². The summed E-state index contributed by atoms with van der Waals surface area (Å²) in [7, 11) is 0. The van der Waals surface area contributed by atoms with Gasteiger partial charge in [0.05, 0.1) is 0 Å². The second-order valence-corrected chi connectivity index (χ2v) is 5.01. The topological polar surface area (TPSA) is 12.0 Å². The Morgan fingerprint density at radius 3 is 2.61 bits per heavy atom. The highest BCUT2D eigenvalue weighted by molar-refractivity contribution is 5.32. The lowest BCUT2D eigenvalue weighted by molar-refractivity contribution is 0.459. The minimum absolute atomic E-state index is 0.523. The van der Waals surface area contributed by atoms with E-state index in [0.29, 0.717) is 6.04 Å². The SMILES string of the molecule is c1ccc(CN[C@@H]2CCCc3ccccc32)cc1. The van der Waals surface area contributed by atoms with Crippen LogP contribution < -0.4 is 5.32 Å². The van der Waals surface area contributed by atoms with E-state index in [-0.39, 0.29) is 0 Å². The monoisotopic (exact) mass is 237 g/mol. The standard InChI is InChI=1S/C17H19N/c1-2-7-14(8-3-1)13-18-17-12-6-10-15-9-4-5-11-16(15)17/h1-5,7-9,11,17-18H,6,10,12-13H2/t17-/m1/s1. The molecule has 0 fully saturated rings. The third-order valence-corrected chi connectivity index (χ3v) is 3.76. The number of nitrogens with one attached hydrogen (secondary N) is 1. The van der Waals surface area contributed by atoms with E-state index in [2.05, 4.69) is 59.9 Å². The molecule has 1 aliphatic rings. The maximum atomic E-state index is 3.69. The molecule has 1 atom stereocenters. The molecule has 0 saturated carbocycles. The summed E-state index contributed by atoms with van der Waals surface area (Å²) in [6.07, 6.45) is 3.78. The Labute approximate surface area is 109 Å². The molecule has 1 aliphatic carbocycles. The summed E-state index contributed by atoms with van der Waals surface area (Å²) in [5.74, 6) is 0. The first kappa shape index (κ1) is 11.5. The maximum absolute atomic E-state index is 3.69. The van der Waals surface area contributed by atoms with E-state index in [1.807, 2.05) is 0 Å². The predicted molar refractivity (Wildman–Crippen MR) is 75.4 cm³/mol. The van der Waals surface area contributed by atoms with Gasteiger partial charge < -0.3 is 5.32 Å². The van der Waals surface area contributed by atoms with Crippen molar-refractivity contribution in [2.24, 2.45) is 0 Å². The molecule has 18 heavy (non-hydrogen) atoms. The van der Waals surface area contributed by atoms with Crippen LogP contribution in [0.2, 0.25) is 0 Å². The van der Waals surface area contributed by atoms with Gasteiger partial charge >= 0.3 is 0 Å². The van der Waals surface area contributed by atoms with Gasteiger partial charge in [0, 0.05) is 12.6 Å². The first-order valence-corrected chi connectivity index (χ1v) is 6.78.